The molecule has 2 rings (SSSR count). The van der Waals surface area contributed by atoms with Crippen LogP contribution in [0.4, 0.5) is 4.79 Å². The van der Waals surface area contributed by atoms with E-state index in [4.69, 9.17) is 19.4 Å². The summed E-state index contributed by atoms with van der Waals surface area (Å²) in [5.74, 6) is 1.21. The van der Waals surface area contributed by atoms with E-state index < -0.39 is 11.7 Å². The molecule has 2 N–H and O–H groups in total. The van der Waals surface area contributed by atoms with Gasteiger partial charge in [0.1, 0.15) is 11.3 Å². The smallest absolute Gasteiger partial charge is 0.407 e. The van der Waals surface area contributed by atoms with Gasteiger partial charge in [-0.15, -0.1) is 0 Å². The molecular weight excluding hydrogens is 276 g/mol. The summed E-state index contributed by atoms with van der Waals surface area (Å²) in [6, 6.07) is 5.13. The Bertz CT molecular complexity index is 563. The summed E-state index contributed by atoms with van der Waals surface area (Å²) < 4.78 is 15.6. The maximum absolute atomic E-state index is 11.6. The molecular formula is C14H18N2O5. The molecule has 7 nitrogen and oxygen atoms in total. The average molecular weight is 294 g/mol. The highest BCUT2D eigenvalue weighted by atomic mass is 16.7. The Morgan fingerprint density at radius 1 is 1.38 bits per heavy atom. The molecule has 0 saturated carbocycles. The summed E-state index contributed by atoms with van der Waals surface area (Å²) in [5, 5.41) is 14.8. The van der Waals surface area contributed by atoms with E-state index >= 15 is 0 Å². The minimum Gasteiger partial charge on any atom is -0.454 e. The highest BCUT2D eigenvalue weighted by Crippen LogP contribution is 2.32. The minimum absolute atomic E-state index is 0.0328. The van der Waals surface area contributed by atoms with Gasteiger partial charge >= 0.3 is 6.09 Å². The van der Waals surface area contributed by atoms with Crippen LogP contribution in [0.1, 0.15) is 26.3 Å². The maximum atomic E-state index is 11.6. The van der Waals surface area contributed by atoms with E-state index in [9.17, 15) is 4.79 Å². The van der Waals surface area contributed by atoms with Crippen molar-refractivity contribution in [3.63, 3.8) is 0 Å². The third kappa shape index (κ3) is 4.01. The molecule has 0 spiro atoms. The van der Waals surface area contributed by atoms with Crippen LogP contribution in [-0.4, -0.2) is 36.0 Å². The number of nitrogens with one attached hydrogen (secondary N) is 1. The van der Waals surface area contributed by atoms with E-state index in [2.05, 4.69) is 10.5 Å². The van der Waals surface area contributed by atoms with Gasteiger partial charge in [-0.25, -0.2) is 4.79 Å². The molecule has 7 heteroatoms. The number of nitrogens with zero attached hydrogens (tertiary/aromatic N) is 1. The van der Waals surface area contributed by atoms with Crippen LogP contribution < -0.4 is 14.8 Å². The van der Waals surface area contributed by atoms with E-state index in [-0.39, 0.29) is 13.3 Å². The van der Waals surface area contributed by atoms with Gasteiger partial charge in [0.15, 0.2) is 11.5 Å². The van der Waals surface area contributed by atoms with Crippen LogP contribution in [0.25, 0.3) is 0 Å². The fourth-order valence-electron chi connectivity index (χ4n) is 1.74. The van der Waals surface area contributed by atoms with Gasteiger partial charge in [0, 0.05) is 5.56 Å². The number of hydrogen-bond donors (Lipinski definition) is 2. The monoisotopic (exact) mass is 294 g/mol. The Labute approximate surface area is 122 Å². The fourth-order valence-corrected chi connectivity index (χ4v) is 1.74. The second-order valence-electron chi connectivity index (χ2n) is 5.47. The summed E-state index contributed by atoms with van der Waals surface area (Å²) in [5.41, 5.74) is 0.330. The van der Waals surface area contributed by atoms with Crippen molar-refractivity contribution >= 4 is 11.8 Å². The van der Waals surface area contributed by atoms with Crippen molar-refractivity contribution in [2.24, 2.45) is 5.16 Å². The summed E-state index contributed by atoms with van der Waals surface area (Å²) in [6.07, 6.45) is -0.579. The van der Waals surface area contributed by atoms with Gasteiger partial charge in [-0.1, -0.05) is 5.16 Å². The molecule has 1 aromatic carbocycles. The normalized spacial score (nSPS) is 14.0. The summed E-state index contributed by atoms with van der Waals surface area (Å²) in [7, 11) is 0. The molecule has 0 atom stereocenters. The molecule has 1 amide bonds. The molecule has 0 bridgehead atoms. The highest BCUT2D eigenvalue weighted by molar-refractivity contribution is 6.03. The van der Waals surface area contributed by atoms with Crippen LogP contribution in [0.2, 0.25) is 0 Å². The molecule has 1 aromatic rings. The fraction of sp³-hybridized carbons (Fsp3) is 0.429. The zero-order chi connectivity index (χ0) is 15.5. The van der Waals surface area contributed by atoms with Gasteiger partial charge in [-0.2, -0.15) is 0 Å². The Kier molecular flexibility index (Phi) is 4.21. The zero-order valence-corrected chi connectivity index (χ0v) is 12.2. The molecule has 0 fully saturated rings. The van der Waals surface area contributed by atoms with Gasteiger partial charge in [0.2, 0.25) is 6.79 Å². The third-order valence-corrected chi connectivity index (χ3v) is 2.63. The molecule has 0 aromatic heterocycles. The summed E-state index contributed by atoms with van der Waals surface area (Å²) in [6.45, 7) is 5.51. The highest BCUT2D eigenvalue weighted by Gasteiger charge is 2.18. The lowest BCUT2D eigenvalue weighted by Crippen LogP contribution is -2.35. The average Bonchev–Trinajstić information content (AvgIpc) is 2.84. The van der Waals surface area contributed by atoms with Crippen molar-refractivity contribution in [1.82, 2.24) is 5.32 Å². The molecule has 21 heavy (non-hydrogen) atoms. The molecule has 0 unspecified atom stereocenters. The molecule has 1 aliphatic heterocycles. The van der Waals surface area contributed by atoms with Crippen LogP contribution in [0.15, 0.2) is 23.4 Å². The van der Waals surface area contributed by atoms with Gasteiger partial charge in [0.25, 0.3) is 0 Å². The van der Waals surface area contributed by atoms with E-state index in [0.29, 0.717) is 22.8 Å². The number of carbonyl (C=O) groups is 1. The number of ether oxygens (including phenoxy) is 3. The molecule has 0 aliphatic carbocycles. The zero-order valence-electron chi connectivity index (χ0n) is 12.2. The van der Waals surface area contributed by atoms with Gasteiger partial charge in [-0.3, -0.25) is 0 Å². The van der Waals surface area contributed by atoms with E-state index in [1.165, 1.54) is 0 Å². The Balaban J connectivity index is 1.99. The number of oxime groups is 1. The third-order valence-electron chi connectivity index (χ3n) is 2.63. The number of rotatable bonds is 3. The van der Waals surface area contributed by atoms with E-state index in [0.717, 1.165) is 0 Å². The number of benzene rings is 1. The topological polar surface area (TPSA) is 89.4 Å². The standard InChI is InChI=1S/C14H18N2O5/c1-14(2,3)21-13(17)15-7-10(16-18)9-4-5-11-12(6-9)20-8-19-11/h4-6,18H,7-8H2,1-3H3,(H,15,17). The van der Waals surface area contributed by atoms with Crippen LogP contribution in [0.3, 0.4) is 0 Å². The number of alkyl carbamates (subject to hydrolysis) is 1. The van der Waals surface area contributed by atoms with Crippen molar-refractivity contribution in [3.8, 4) is 11.5 Å². The largest absolute Gasteiger partial charge is 0.454 e. The number of hydrogen-bond acceptors (Lipinski definition) is 6. The first-order chi connectivity index (χ1) is 9.89. The SMILES string of the molecule is CC(C)(C)OC(=O)NCC(=NO)c1ccc2c(c1)OCO2. The summed E-state index contributed by atoms with van der Waals surface area (Å²) >= 11 is 0. The first-order valence-corrected chi connectivity index (χ1v) is 6.47. The van der Waals surface area contributed by atoms with Crippen LogP contribution in [0, 0.1) is 0 Å². The van der Waals surface area contributed by atoms with E-state index in [1.807, 2.05) is 0 Å². The minimum atomic E-state index is -0.584. The lowest BCUT2D eigenvalue weighted by atomic mass is 10.1. The van der Waals surface area contributed by atoms with Gasteiger partial charge < -0.3 is 24.7 Å². The molecule has 0 radical (unpaired) electrons. The van der Waals surface area contributed by atoms with Crippen molar-refractivity contribution in [2.45, 2.75) is 26.4 Å². The Morgan fingerprint density at radius 2 is 2.10 bits per heavy atom. The second kappa shape index (κ2) is 5.90. The Hall–Kier alpha value is -2.44. The van der Waals surface area contributed by atoms with Crippen LogP contribution in [-0.2, 0) is 4.74 Å². The lowest BCUT2D eigenvalue weighted by Gasteiger charge is -2.19. The quantitative estimate of drug-likeness (QED) is 0.506. The molecule has 0 saturated heterocycles. The van der Waals surface area contributed by atoms with Crippen molar-refractivity contribution < 1.29 is 24.2 Å². The van der Waals surface area contributed by atoms with Crippen LogP contribution >= 0.6 is 0 Å². The molecule has 1 aliphatic rings. The first-order valence-electron chi connectivity index (χ1n) is 6.47. The Morgan fingerprint density at radius 3 is 2.76 bits per heavy atom. The van der Waals surface area contributed by atoms with Crippen molar-refractivity contribution in [3.05, 3.63) is 23.8 Å². The van der Waals surface area contributed by atoms with Crippen LogP contribution in [0.5, 0.6) is 11.5 Å². The predicted molar refractivity (Wildman–Crippen MR) is 75.1 cm³/mol. The van der Waals surface area contributed by atoms with E-state index in [1.54, 1.807) is 39.0 Å². The number of amides is 1. The molecule has 114 valence electrons. The van der Waals surface area contributed by atoms with Crippen molar-refractivity contribution in [1.29, 1.82) is 0 Å². The predicted octanol–water partition coefficient (Wildman–Crippen LogP) is 2.12. The van der Waals surface area contributed by atoms with Crippen molar-refractivity contribution in [2.75, 3.05) is 13.3 Å². The second-order valence-corrected chi connectivity index (χ2v) is 5.47. The first kappa shape index (κ1) is 15.0. The molecule has 1 heterocycles. The maximum Gasteiger partial charge on any atom is 0.407 e. The number of carbonyl (C=O) groups excluding carboxylic acids is 1. The lowest BCUT2D eigenvalue weighted by molar-refractivity contribution is 0.0536. The summed E-state index contributed by atoms with van der Waals surface area (Å²) in [4.78, 5) is 11.6. The van der Waals surface area contributed by atoms with Gasteiger partial charge in [0.05, 0.1) is 6.54 Å². The number of fused-ring (bicyclic) bond motifs is 1. The van der Waals surface area contributed by atoms with Gasteiger partial charge in [-0.05, 0) is 39.0 Å².